The molecule has 0 amide bonds. The fourth-order valence-corrected chi connectivity index (χ4v) is 2.26. The summed E-state index contributed by atoms with van der Waals surface area (Å²) in [6.45, 7) is 6.10. The quantitative estimate of drug-likeness (QED) is 0.448. The first-order chi connectivity index (χ1) is 10.2. The van der Waals surface area contributed by atoms with Gasteiger partial charge in [0.2, 0.25) is 0 Å². The number of terminal acetylenes is 1. The number of nitro benzene ring substituents is 1. The molecule has 1 heterocycles. The highest BCUT2D eigenvalue weighted by Crippen LogP contribution is 2.17. The van der Waals surface area contributed by atoms with E-state index in [2.05, 4.69) is 15.7 Å². The van der Waals surface area contributed by atoms with Gasteiger partial charge in [0.05, 0.1) is 11.5 Å². The van der Waals surface area contributed by atoms with Crippen molar-refractivity contribution in [2.24, 2.45) is 0 Å². The van der Waals surface area contributed by atoms with E-state index in [-0.39, 0.29) is 5.69 Å². The zero-order chi connectivity index (χ0) is 15.1. The predicted octanol–water partition coefficient (Wildman–Crippen LogP) is 1.22. The van der Waals surface area contributed by atoms with Gasteiger partial charge in [0.1, 0.15) is 12.4 Å². The topological polar surface area (TPSA) is 58.8 Å². The Kier molecular flexibility index (Phi) is 5.55. The van der Waals surface area contributed by atoms with E-state index < -0.39 is 4.92 Å². The van der Waals surface area contributed by atoms with Crippen LogP contribution in [0.1, 0.15) is 0 Å². The van der Waals surface area contributed by atoms with Crippen molar-refractivity contribution in [1.29, 1.82) is 0 Å². The second-order valence-electron chi connectivity index (χ2n) is 4.92. The lowest BCUT2D eigenvalue weighted by Crippen LogP contribution is -2.47. The van der Waals surface area contributed by atoms with Gasteiger partial charge in [0.25, 0.3) is 5.69 Å². The molecule has 6 nitrogen and oxygen atoms in total. The molecule has 0 radical (unpaired) electrons. The van der Waals surface area contributed by atoms with E-state index in [1.165, 1.54) is 12.1 Å². The summed E-state index contributed by atoms with van der Waals surface area (Å²) in [5, 5.41) is 10.5. The molecular formula is C15H19N3O3. The average Bonchev–Trinajstić information content (AvgIpc) is 2.50. The van der Waals surface area contributed by atoms with Crippen LogP contribution in [0.15, 0.2) is 24.3 Å². The van der Waals surface area contributed by atoms with Crippen molar-refractivity contribution in [2.75, 3.05) is 45.9 Å². The van der Waals surface area contributed by atoms with Crippen molar-refractivity contribution < 1.29 is 9.66 Å². The Labute approximate surface area is 124 Å². The number of nitrogens with zero attached hydrogens (tertiary/aromatic N) is 3. The molecule has 112 valence electrons. The van der Waals surface area contributed by atoms with Gasteiger partial charge in [-0.2, -0.15) is 0 Å². The minimum absolute atomic E-state index is 0.0759. The van der Waals surface area contributed by atoms with Crippen LogP contribution in [0.25, 0.3) is 0 Å². The van der Waals surface area contributed by atoms with Gasteiger partial charge in [-0.1, -0.05) is 5.92 Å². The normalized spacial score (nSPS) is 16.3. The molecule has 1 saturated heterocycles. The third kappa shape index (κ3) is 4.74. The summed E-state index contributed by atoms with van der Waals surface area (Å²) in [6, 6.07) is 6.16. The molecule has 0 atom stereocenters. The van der Waals surface area contributed by atoms with Crippen molar-refractivity contribution in [2.45, 2.75) is 0 Å². The van der Waals surface area contributed by atoms with Gasteiger partial charge in [-0.05, 0) is 12.1 Å². The molecule has 0 N–H and O–H groups in total. The lowest BCUT2D eigenvalue weighted by atomic mass is 10.3. The van der Waals surface area contributed by atoms with E-state index in [0.29, 0.717) is 18.9 Å². The Morgan fingerprint density at radius 1 is 1.19 bits per heavy atom. The fourth-order valence-electron chi connectivity index (χ4n) is 2.26. The highest BCUT2D eigenvalue weighted by molar-refractivity contribution is 5.35. The molecule has 0 spiro atoms. The number of non-ortho nitro benzene ring substituents is 1. The van der Waals surface area contributed by atoms with Crippen LogP contribution in [0.2, 0.25) is 0 Å². The van der Waals surface area contributed by atoms with Gasteiger partial charge in [0.15, 0.2) is 0 Å². The first kappa shape index (κ1) is 15.3. The maximum atomic E-state index is 10.5. The number of piperazine rings is 1. The lowest BCUT2D eigenvalue weighted by molar-refractivity contribution is -0.384. The first-order valence-electron chi connectivity index (χ1n) is 6.94. The van der Waals surface area contributed by atoms with Gasteiger partial charge in [-0.3, -0.25) is 19.9 Å². The highest BCUT2D eigenvalue weighted by atomic mass is 16.6. The lowest BCUT2D eigenvalue weighted by Gasteiger charge is -2.33. The maximum absolute atomic E-state index is 10.5. The van der Waals surface area contributed by atoms with Crippen molar-refractivity contribution >= 4 is 5.69 Å². The van der Waals surface area contributed by atoms with E-state index in [4.69, 9.17) is 11.2 Å². The van der Waals surface area contributed by atoms with Crippen LogP contribution in [0, 0.1) is 22.5 Å². The number of nitro groups is 1. The summed E-state index contributed by atoms with van der Waals surface area (Å²) in [4.78, 5) is 14.7. The van der Waals surface area contributed by atoms with Crippen LogP contribution in [0.5, 0.6) is 5.75 Å². The van der Waals surface area contributed by atoms with Crippen LogP contribution < -0.4 is 4.74 Å². The Hall–Kier alpha value is -2.10. The zero-order valence-electron chi connectivity index (χ0n) is 11.9. The molecule has 1 aliphatic heterocycles. The molecule has 0 aliphatic carbocycles. The van der Waals surface area contributed by atoms with Crippen LogP contribution in [0.3, 0.4) is 0 Å². The largest absolute Gasteiger partial charge is 0.492 e. The summed E-state index contributed by atoms with van der Waals surface area (Å²) >= 11 is 0. The Bertz CT molecular complexity index is 502. The Morgan fingerprint density at radius 2 is 1.81 bits per heavy atom. The van der Waals surface area contributed by atoms with Crippen LogP contribution >= 0.6 is 0 Å². The molecular weight excluding hydrogens is 270 g/mol. The Morgan fingerprint density at radius 3 is 2.38 bits per heavy atom. The number of benzene rings is 1. The summed E-state index contributed by atoms with van der Waals surface area (Å²) in [5.74, 6) is 3.32. The molecule has 1 fully saturated rings. The second-order valence-corrected chi connectivity index (χ2v) is 4.92. The zero-order valence-corrected chi connectivity index (χ0v) is 11.9. The van der Waals surface area contributed by atoms with Gasteiger partial charge in [-0.25, -0.2) is 0 Å². The van der Waals surface area contributed by atoms with E-state index in [1.54, 1.807) is 12.1 Å². The van der Waals surface area contributed by atoms with Crippen molar-refractivity contribution in [3.8, 4) is 18.1 Å². The molecule has 0 unspecified atom stereocenters. The number of hydrogen-bond donors (Lipinski definition) is 0. The van der Waals surface area contributed by atoms with Crippen molar-refractivity contribution in [1.82, 2.24) is 9.80 Å². The minimum atomic E-state index is -0.417. The first-order valence-corrected chi connectivity index (χ1v) is 6.94. The minimum Gasteiger partial charge on any atom is -0.492 e. The van der Waals surface area contributed by atoms with Crippen LogP contribution in [-0.2, 0) is 0 Å². The fraction of sp³-hybridized carbons (Fsp3) is 0.467. The molecule has 6 heteroatoms. The molecule has 0 bridgehead atoms. The van der Waals surface area contributed by atoms with Gasteiger partial charge >= 0.3 is 0 Å². The monoisotopic (exact) mass is 289 g/mol. The van der Waals surface area contributed by atoms with Crippen molar-refractivity contribution in [3.05, 3.63) is 34.4 Å². The SMILES string of the molecule is C#CCN1CCN(CCOc2ccc([N+](=O)[O-])cc2)CC1. The van der Waals surface area contributed by atoms with E-state index in [1.807, 2.05) is 0 Å². The molecule has 21 heavy (non-hydrogen) atoms. The smallest absolute Gasteiger partial charge is 0.269 e. The summed E-state index contributed by atoms with van der Waals surface area (Å²) < 4.78 is 5.61. The molecule has 2 rings (SSSR count). The number of ether oxygens (including phenoxy) is 1. The molecule has 1 aromatic carbocycles. The van der Waals surface area contributed by atoms with Gasteiger partial charge in [0, 0.05) is 44.9 Å². The van der Waals surface area contributed by atoms with E-state index in [0.717, 1.165) is 32.7 Å². The van der Waals surface area contributed by atoms with Crippen LogP contribution in [0.4, 0.5) is 5.69 Å². The van der Waals surface area contributed by atoms with E-state index >= 15 is 0 Å². The second kappa shape index (κ2) is 7.62. The Balaban J connectivity index is 1.68. The van der Waals surface area contributed by atoms with Gasteiger partial charge in [-0.15, -0.1) is 6.42 Å². The number of rotatable bonds is 6. The van der Waals surface area contributed by atoms with Crippen molar-refractivity contribution in [3.63, 3.8) is 0 Å². The highest BCUT2D eigenvalue weighted by Gasteiger charge is 2.15. The third-order valence-corrected chi connectivity index (χ3v) is 3.50. The molecule has 0 saturated carbocycles. The standard InChI is InChI=1S/C15H19N3O3/c1-2-7-16-8-10-17(11-9-16)12-13-21-15-5-3-14(4-6-15)18(19)20/h1,3-6H,7-13H2. The van der Waals surface area contributed by atoms with Gasteiger partial charge < -0.3 is 4.74 Å². The average molecular weight is 289 g/mol. The molecule has 1 aromatic rings. The molecule has 0 aromatic heterocycles. The predicted molar refractivity (Wildman–Crippen MR) is 80.3 cm³/mol. The summed E-state index contributed by atoms with van der Waals surface area (Å²) in [6.07, 6.45) is 5.30. The summed E-state index contributed by atoms with van der Waals surface area (Å²) in [5.41, 5.74) is 0.0759. The van der Waals surface area contributed by atoms with Crippen LogP contribution in [-0.4, -0.2) is 60.6 Å². The molecule has 1 aliphatic rings. The maximum Gasteiger partial charge on any atom is 0.269 e. The number of hydrogen-bond acceptors (Lipinski definition) is 5. The third-order valence-electron chi connectivity index (χ3n) is 3.50. The van der Waals surface area contributed by atoms with E-state index in [9.17, 15) is 10.1 Å². The summed E-state index contributed by atoms with van der Waals surface area (Å²) in [7, 11) is 0.